The van der Waals surface area contributed by atoms with Crippen molar-refractivity contribution in [1.82, 2.24) is 19.5 Å². The summed E-state index contributed by atoms with van der Waals surface area (Å²) in [6.45, 7) is -0.843. The number of anilines is 1. The molecule has 3 heterocycles. The first-order valence-electron chi connectivity index (χ1n) is 8.00. The summed E-state index contributed by atoms with van der Waals surface area (Å²) in [4.78, 5) is 57.5. The summed E-state index contributed by atoms with van der Waals surface area (Å²) in [5.74, 6) is -0.193. The molecule has 0 spiro atoms. The number of aromatic amines is 1. The number of aromatic nitrogens is 4. The number of aliphatic hydroxyl groups excluding tert-OH is 1. The van der Waals surface area contributed by atoms with Crippen LogP contribution in [0.5, 0.6) is 0 Å². The van der Waals surface area contributed by atoms with Gasteiger partial charge in [-0.2, -0.15) is 13.6 Å². The number of nitrogen functional groups attached to an aromatic ring is 1. The van der Waals surface area contributed by atoms with Crippen LogP contribution in [-0.4, -0.2) is 63.0 Å². The molecule has 0 saturated carbocycles. The minimum Gasteiger partial charge on any atom is -0.390 e. The quantitative estimate of drug-likeness (QED) is 0.145. The Morgan fingerprint density at radius 3 is 2.50 bits per heavy atom. The number of nitrogens with one attached hydrogen (secondary N) is 1. The zero-order valence-corrected chi connectivity index (χ0v) is 19.2. The van der Waals surface area contributed by atoms with Gasteiger partial charge < -0.3 is 35.2 Å². The number of imidazole rings is 1. The Bertz CT molecular complexity index is 1180. The molecule has 0 aliphatic carbocycles. The summed E-state index contributed by atoms with van der Waals surface area (Å²) in [6, 6.07) is 0. The third-order valence-corrected chi connectivity index (χ3v) is 7.59. The second-order valence-corrected chi connectivity index (χ2v) is 10.5. The van der Waals surface area contributed by atoms with Crippen molar-refractivity contribution in [3.05, 3.63) is 16.7 Å². The van der Waals surface area contributed by atoms with Crippen molar-refractivity contribution in [2.24, 2.45) is 0 Å². The molecule has 5 atom stereocenters. The molecular weight excluding hydrogens is 546 g/mol. The monoisotopic (exact) mass is 562 g/mol. The number of ether oxygens (including phenoxy) is 1. The van der Waals surface area contributed by atoms with E-state index in [2.05, 4.69) is 28.1 Å². The molecule has 32 heavy (non-hydrogen) atoms. The molecule has 1 aliphatic heterocycles. The molecule has 0 amide bonds. The number of phosphoric ester groups is 1. The number of nitrogens with zero attached hydrogens (tertiary/aromatic N) is 3. The van der Waals surface area contributed by atoms with Crippen molar-refractivity contribution in [1.29, 1.82) is 0 Å². The average molecular weight is 562 g/mol. The van der Waals surface area contributed by atoms with E-state index in [0.29, 0.717) is 0 Å². The fraction of sp³-hybridized carbons (Fsp3) is 0.500. The Balaban J connectivity index is 0.00000363. The molecule has 1 fully saturated rings. The smallest absolute Gasteiger partial charge is 0.390 e. The molecule has 1 radical (unpaired) electrons. The normalized spacial score (nSPS) is 25.2. The first-order chi connectivity index (χ1) is 14.2. The van der Waals surface area contributed by atoms with Gasteiger partial charge in [-0.3, -0.25) is 18.9 Å². The summed E-state index contributed by atoms with van der Waals surface area (Å²) in [6.07, 6.45) is -2.36. The molecule has 0 bridgehead atoms. The zero-order valence-electron chi connectivity index (χ0n) is 15.4. The number of hydrogen-bond acceptors (Lipinski definition) is 12. The van der Waals surface area contributed by atoms with Gasteiger partial charge in [0.25, 0.3) is 5.56 Å². The largest absolute Gasteiger partial charge is 0.490 e. The van der Waals surface area contributed by atoms with Gasteiger partial charge in [0, 0.05) is 23.5 Å². The second-order valence-electron chi connectivity index (χ2n) is 6.09. The van der Waals surface area contributed by atoms with Gasteiger partial charge in [0.15, 0.2) is 11.2 Å². The van der Waals surface area contributed by atoms with E-state index < -0.39 is 54.1 Å². The van der Waals surface area contributed by atoms with E-state index in [9.17, 15) is 28.5 Å². The van der Waals surface area contributed by atoms with E-state index >= 15 is 0 Å². The van der Waals surface area contributed by atoms with Gasteiger partial charge in [0.2, 0.25) is 5.95 Å². The predicted octanol–water partition coefficient (Wildman–Crippen LogP) is -1.31. The molecule has 1 aliphatic rings. The SMILES string of the molecule is Nc1nc2c(ncn2[C@@H]2C[C@@H](O)[C@H](COP(=O)(O)OP(=O)(O)OP(=O)(O)O)O2)c(=O)[nH]1.[Mn]. The number of fused-ring (bicyclic) bond motifs is 1. The van der Waals surface area contributed by atoms with Crippen LogP contribution in [0.2, 0.25) is 0 Å². The number of H-pyrrole nitrogens is 1. The van der Waals surface area contributed by atoms with Crippen molar-refractivity contribution < 1.29 is 73.3 Å². The number of nitrogens with two attached hydrogens (primary N) is 1. The Morgan fingerprint density at radius 1 is 1.22 bits per heavy atom. The third kappa shape index (κ3) is 6.76. The van der Waals surface area contributed by atoms with Crippen molar-refractivity contribution >= 4 is 40.6 Å². The van der Waals surface area contributed by atoms with Crippen molar-refractivity contribution in [3.63, 3.8) is 0 Å². The molecule has 22 heteroatoms. The van der Waals surface area contributed by atoms with E-state index in [1.807, 2.05) is 0 Å². The van der Waals surface area contributed by atoms with Gasteiger partial charge in [0.1, 0.15) is 12.3 Å². The number of phosphoric acid groups is 3. The van der Waals surface area contributed by atoms with E-state index in [0.717, 1.165) is 0 Å². The molecule has 181 valence electrons. The fourth-order valence-electron chi connectivity index (χ4n) is 2.66. The van der Waals surface area contributed by atoms with Crippen LogP contribution in [0.1, 0.15) is 12.6 Å². The van der Waals surface area contributed by atoms with Gasteiger partial charge in [-0.1, -0.05) is 0 Å². The summed E-state index contributed by atoms with van der Waals surface area (Å²) in [5.41, 5.74) is 4.89. The van der Waals surface area contributed by atoms with Gasteiger partial charge in [-0.05, 0) is 0 Å². The molecule has 3 rings (SSSR count). The zero-order chi connectivity index (χ0) is 23.2. The summed E-state index contributed by atoms with van der Waals surface area (Å²) in [7, 11) is -16.6. The number of rotatable bonds is 8. The standard InChI is InChI=1S/C10H16N5O13P3.Mn/c11-10-13-8-7(9(17)14-10)12-3-15(8)6-1-4(16)5(26-6)2-25-30(21,22)28-31(23,24)27-29(18,19)20;/h3-6,16H,1-2H2,(H,21,22)(H,23,24)(H2,18,19,20)(H3,11,13,14,17);/t4-,5+,6+;/m1./s1. The summed E-state index contributed by atoms with van der Waals surface area (Å²) >= 11 is 0. The Kier molecular flexibility index (Phi) is 8.26. The molecule has 8 N–H and O–H groups in total. The number of aliphatic hydroxyl groups is 1. The van der Waals surface area contributed by atoms with E-state index in [1.54, 1.807) is 0 Å². The summed E-state index contributed by atoms with van der Waals surface area (Å²) in [5, 5.41) is 10.1. The first-order valence-corrected chi connectivity index (χ1v) is 12.5. The van der Waals surface area contributed by atoms with Crippen LogP contribution in [-0.2, 0) is 48.6 Å². The maximum absolute atomic E-state index is 11.8. The fourth-order valence-corrected chi connectivity index (χ4v) is 5.69. The Hall–Kier alpha value is -1.00. The van der Waals surface area contributed by atoms with Crippen LogP contribution in [0.25, 0.3) is 11.2 Å². The van der Waals surface area contributed by atoms with Gasteiger partial charge in [-0.25, -0.2) is 18.7 Å². The molecule has 18 nitrogen and oxygen atoms in total. The maximum Gasteiger partial charge on any atom is 0.490 e. The third-order valence-electron chi connectivity index (χ3n) is 3.78. The van der Waals surface area contributed by atoms with Crippen LogP contribution in [0.15, 0.2) is 11.1 Å². The van der Waals surface area contributed by atoms with Gasteiger partial charge in [-0.15, -0.1) is 0 Å². The van der Waals surface area contributed by atoms with Crippen LogP contribution >= 0.6 is 23.5 Å². The van der Waals surface area contributed by atoms with Crippen molar-refractivity contribution in [2.45, 2.75) is 24.9 Å². The maximum atomic E-state index is 11.8. The molecule has 1 saturated heterocycles. The minimum atomic E-state index is -5.67. The van der Waals surface area contributed by atoms with Gasteiger partial charge >= 0.3 is 23.5 Å². The molecular formula is C10H16MnN5O13P3. The van der Waals surface area contributed by atoms with Crippen molar-refractivity contribution in [2.75, 3.05) is 12.3 Å². The van der Waals surface area contributed by atoms with Crippen molar-refractivity contribution in [3.8, 4) is 0 Å². The second kappa shape index (κ2) is 9.70. The Morgan fingerprint density at radius 2 is 1.88 bits per heavy atom. The molecule has 0 aromatic carbocycles. The topological polar surface area (TPSA) is 279 Å². The summed E-state index contributed by atoms with van der Waals surface area (Å²) < 4.78 is 52.1. The Labute approximate surface area is 187 Å². The van der Waals surface area contributed by atoms with Crippen LogP contribution < -0.4 is 11.3 Å². The molecule has 2 aromatic rings. The van der Waals surface area contributed by atoms with E-state index in [-0.39, 0.29) is 40.6 Å². The average Bonchev–Trinajstić information content (AvgIpc) is 3.13. The van der Waals surface area contributed by atoms with E-state index in [4.69, 9.17) is 25.2 Å². The van der Waals surface area contributed by atoms with Crippen LogP contribution in [0, 0.1) is 0 Å². The molecule has 2 aromatic heterocycles. The van der Waals surface area contributed by atoms with Crippen LogP contribution in [0.3, 0.4) is 0 Å². The van der Waals surface area contributed by atoms with Crippen LogP contribution in [0.4, 0.5) is 5.95 Å². The van der Waals surface area contributed by atoms with Gasteiger partial charge in [0.05, 0.1) is 19.0 Å². The predicted molar refractivity (Wildman–Crippen MR) is 96.9 cm³/mol. The van der Waals surface area contributed by atoms with E-state index in [1.165, 1.54) is 10.9 Å². The first kappa shape index (κ1) is 27.2. The number of hydrogen-bond donors (Lipinski definition) is 7. The minimum absolute atomic E-state index is 0. The molecule has 2 unspecified atom stereocenters.